The molecule has 0 aliphatic carbocycles. The van der Waals surface area contributed by atoms with Gasteiger partial charge in [-0.25, -0.2) is 9.97 Å². The van der Waals surface area contributed by atoms with Crippen molar-refractivity contribution in [2.75, 3.05) is 22.1 Å². The summed E-state index contributed by atoms with van der Waals surface area (Å²) in [7, 11) is 0. The molecule has 4 rings (SSSR count). The van der Waals surface area contributed by atoms with Crippen molar-refractivity contribution >= 4 is 40.6 Å². The second-order valence-corrected chi connectivity index (χ2v) is 7.79. The number of carbonyl (C=O) groups is 2. The monoisotopic (exact) mass is 451 g/mol. The number of aliphatic hydroxyl groups is 1. The number of carbonyl (C=O) groups excluding carboxylic acids is 2. The minimum atomic E-state index is -1.08. The lowest BCUT2D eigenvalue weighted by atomic mass is 10.1. The fourth-order valence-electron chi connectivity index (χ4n) is 3.47. The highest BCUT2D eigenvalue weighted by Crippen LogP contribution is 2.25. The van der Waals surface area contributed by atoms with E-state index in [1.807, 2.05) is 12.1 Å². The van der Waals surface area contributed by atoms with Gasteiger partial charge in [-0.2, -0.15) is 0 Å². The van der Waals surface area contributed by atoms with Crippen LogP contribution in [0.2, 0.25) is 5.02 Å². The van der Waals surface area contributed by atoms with Crippen LogP contribution in [-0.2, 0) is 4.79 Å². The number of amides is 2. The molecule has 0 bridgehead atoms. The number of pyridine rings is 2. The average molecular weight is 452 g/mol. The maximum Gasteiger partial charge on any atom is 0.277 e. The molecule has 0 saturated carbocycles. The summed E-state index contributed by atoms with van der Waals surface area (Å²) in [6.07, 6.45) is 4.31. The van der Waals surface area contributed by atoms with E-state index >= 15 is 0 Å². The van der Waals surface area contributed by atoms with Crippen molar-refractivity contribution in [1.29, 1.82) is 0 Å². The third kappa shape index (κ3) is 5.04. The first-order valence-electron chi connectivity index (χ1n) is 10.2. The molecular formula is C23H22ClN5O3. The van der Waals surface area contributed by atoms with Crippen LogP contribution in [0.5, 0.6) is 0 Å². The van der Waals surface area contributed by atoms with Crippen LogP contribution in [0.4, 0.5) is 17.2 Å². The predicted octanol–water partition coefficient (Wildman–Crippen LogP) is 4.00. The summed E-state index contributed by atoms with van der Waals surface area (Å²) in [6.45, 7) is 0.704. The number of piperidine rings is 1. The van der Waals surface area contributed by atoms with Crippen LogP contribution < -0.4 is 15.5 Å². The minimum absolute atomic E-state index is 0.110. The maximum atomic E-state index is 12.7. The van der Waals surface area contributed by atoms with E-state index in [1.165, 1.54) is 12.4 Å². The number of benzene rings is 1. The van der Waals surface area contributed by atoms with E-state index in [0.717, 1.165) is 18.5 Å². The van der Waals surface area contributed by atoms with Gasteiger partial charge in [0.15, 0.2) is 11.9 Å². The Morgan fingerprint density at radius 2 is 1.91 bits per heavy atom. The van der Waals surface area contributed by atoms with Gasteiger partial charge >= 0.3 is 0 Å². The van der Waals surface area contributed by atoms with Gasteiger partial charge in [-0.15, -0.1) is 0 Å². The molecule has 1 aromatic carbocycles. The lowest BCUT2D eigenvalue weighted by Crippen LogP contribution is -2.35. The molecule has 1 atom stereocenters. The normalized spacial score (nSPS) is 14.7. The van der Waals surface area contributed by atoms with E-state index in [0.29, 0.717) is 35.1 Å². The van der Waals surface area contributed by atoms with E-state index in [1.54, 1.807) is 41.3 Å². The molecule has 3 aromatic rings. The van der Waals surface area contributed by atoms with Crippen LogP contribution >= 0.6 is 11.6 Å². The molecule has 3 heterocycles. The summed E-state index contributed by atoms with van der Waals surface area (Å²) < 4.78 is 0. The highest BCUT2D eigenvalue weighted by molar-refractivity contribution is 6.30. The van der Waals surface area contributed by atoms with Crippen LogP contribution in [0.1, 0.15) is 41.5 Å². The minimum Gasteiger partial charge on any atom is -0.369 e. The summed E-state index contributed by atoms with van der Waals surface area (Å²) in [5, 5.41) is 16.7. The summed E-state index contributed by atoms with van der Waals surface area (Å²) in [6, 6.07) is 13.6. The number of aliphatic hydroxyl groups excluding tert-OH is 1. The molecule has 1 unspecified atom stereocenters. The number of rotatable bonds is 6. The number of aromatic nitrogens is 2. The van der Waals surface area contributed by atoms with Crippen LogP contribution in [0, 0.1) is 0 Å². The Morgan fingerprint density at radius 3 is 2.62 bits per heavy atom. The van der Waals surface area contributed by atoms with Crippen LogP contribution in [0.3, 0.4) is 0 Å². The highest BCUT2D eigenvalue weighted by Gasteiger charge is 2.20. The molecule has 0 spiro atoms. The van der Waals surface area contributed by atoms with Gasteiger partial charge < -0.3 is 20.6 Å². The zero-order chi connectivity index (χ0) is 22.5. The third-order valence-corrected chi connectivity index (χ3v) is 5.35. The Morgan fingerprint density at radius 1 is 1.09 bits per heavy atom. The number of hydrogen-bond acceptors (Lipinski definition) is 6. The molecule has 32 heavy (non-hydrogen) atoms. The Hall–Kier alpha value is -3.49. The molecule has 0 radical (unpaired) electrons. The second kappa shape index (κ2) is 9.76. The summed E-state index contributed by atoms with van der Waals surface area (Å²) in [4.78, 5) is 34.7. The van der Waals surface area contributed by atoms with Crippen LogP contribution in [0.15, 0.2) is 60.9 Å². The smallest absolute Gasteiger partial charge is 0.277 e. The van der Waals surface area contributed by atoms with Gasteiger partial charge in [-0.05, 0) is 49.2 Å². The van der Waals surface area contributed by atoms with Gasteiger partial charge in [0, 0.05) is 36.6 Å². The second-order valence-electron chi connectivity index (χ2n) is 7.36. The Balaban J connectivity index is 1.46. The first kappa shape index (κ1) is 21.7. The van der Waals surface area contributed by atoms with E-state index in [4.69, 9.17) is 11.6 Å². The number of halogens is 1. The standard InChI is InChI=1S/C23H22ClN5O3/c24-16-8-11-19(26-14-16)28-23(32)21-18(4-3-12-25-21)27-22(31)15-6-9-17(10-7-15)29-13-2-1-5-20(29)30/h3-4,6-12,14,22,27,31H,1-2,5,13H2,(H,26,28,32). The van der Waals surface area contributed by atoms with E-state index < -0.39 is 12.1 Å². The first-order chi connectivity index (χ1) is 15.5. The maximum absolute atomic E-state index is 12.7. The quantitative estimate of drug-likeness (QED) is 0.489. The van der Waals surface area contributed by atoms with Crippen molar-refractivity contribution in [1.82, 2.24) is 9.97 Å². The highest BCUT2D eigenvalue weighted by atomic mass is 35.5. The zero-order valence-corrected chi connectivity index (χ0v) is 17.9. The van der Waals surface area contributed by atoms with Crippen molar-refractivity contribution in [3.05, 3.63) is 77.2 Å². The van der Waals surface area contributed by atoms with Gasteiger partial charge in [0.1, 0.15) is 5.82 Å². The van der Waals surface area contributed by atoms with Crippen molar-refractivity contribution in [3.8, 4) is 0 Å². The number of nitrogens with zero attached hydrogens (tertiary/aromatic N) is 3. The average Bonchev–Trinajstić information content (AvgIpc) is 2.81. The summed E-state index contributed by atoms with van der Waals surface area (Å²) in [5.41, 5.74) is 1.87. The van der Waals surface area contributed by atoms with E-state index in [9.17, 15) is 14.7 Å². The molecular weight excluding hydrogens is 430 g/mol. The predicted molar refractivity (Wildman–Crippen MR) is 123 cm³/mol. The largest absolute Gasteiger partial charge is 0.369 e. The molecule has 1 aliphatic rings. The van der Waals surface area contributed by atoms with E-state index in [2.05, 4.69) is 20.6 Å². The van der Waals surface area contributed by atoms with Gasteiger partial charge in [0.2, 0.25) is 5.91 Å². The fraction of sp³-hybridized carbons (Fsp3) is 0.217. The summed E-state index contributed by atoms with van der Waals surface area (Å²) in [5.74, 6) is -0.0302. The molecule has 9 heteroatoms. The lowest BCUT2D eigenvalue weighted by molar-refractivity contribution is -0.119. The van der Waals surface area contributed by atoms with E-state index in [-0.39, 0.29) is 11.6 Å². The van der Waals surface area contributed by atoms with Crippen molar-refractivity contribution in [2.24, 2.45) is 0 Å². The lowest BCUT2D eigenvalue weighted by Gasteiger charge is -2.27. The Labute approximate surface area is 190 Å². The zero-order valence-electron chi connectivity index (χ0n) is 17.2. The Bertz CT molecular complexity index is 1110. The van der Waals surface area contributed by atoms with Crippen molar-refractivity contribution in [3.63, 3.8) is 0 Å². The van der Waals surface area contributed by atoms with Gasteiger partial charge in [0.25, 0.3) is 5.91 Å². The number of hydrogen-bond donors (Lipinski definition) is 3. The molecule has 1 aliphatic heterocycles. The Kier molecular flexibility index (Phi) is 6.63. The SMILES string of the molecule is O=C(Nc1ccc(Cl)cn1)c1ncccc1NC(O)c1ccc(N2CCCCC2=O)cc1. The molecule has 2 amide bonds. The van der Waals surface area contributed by atoms with Gasteiger partial charge in [0.05, 0.1) is 10.7 Å². The first-order valence-corrected chi connectivity index (χ1v) is 10.6. The summed E-state index contributed by atoms with van der Waals surface area (Å²) >= 11 is 5.82. The topological polar surface area (TPSA) is 107 Å². The van der Waals surface area contributed by atoms with Crippen molar-refractivity contribution in [2.45, 2.75) is 25.5 Å². The molecule has 3 N–H and O–H groups in total. The van der Waals surface area contributed by atoms with Crippen molar-refractivity contribution < 1.29 is 14.7 Å². The van der Waals surface area contributed by atoms with Crippen LogP contribution in [-0.4, -0.2) is 33.4 Å². The number of anilines is 3. The molecule has 164 valence electrons. The molecule has 1 saturated heterocycles. The number of nitrogens with one attached hydrogen (secondary N) is 2. The van der Waals surface area contributed by atoms with Gasteiger partial charge in [-0.3, -0.25) is 9.59 Å². The van der Waals surface area contributed by atoms with Crippen LogP contribution in [0.25, 0.3) is 0 Å². The molecule has 2 aromatic heterocycles. The molecule has 8 nitrogen and oxygen atoms in total. The third-order valence-electron chi connectivity index (χ3n) is 5.13. The molecule has 1 fully saturated rings. The van der Waals surface area contributed by atoms with Gasteiger partial charge in [-0.1, -0.05) is 23.7 Å². The fourth-order valence-corrected chi connectivity index (χ4v) is 3.59.